The third-order valence-electron chi connectivity index (χ3n) is 5.75. The molecule has 0 atom stereocenters. The molecule has 4 saturated carbocycles. The molecule has 4 aliphatic carbocycles. The molecule has 104 valence electrons. The van der Waals surface area contributed by atoms with E-state index in [0.29, 0.717) is 17.8 Å². The predicted molar refractivity (Wildman–Crippen MR) is 73.2 cm³/mol. The van der Waals surface area contributed by atoms with Gasteiger partial charge in [-0.15, -0.1) is 0 Å². The Morgan fingerprint density at radius 1 is 1.15 bits per heavy atom. The summed E-state index contributed by atoms with van der Waals surface area (Å²) in [5.74, 6) is 2.94. The highest BCUT2D eigenvalue weighted by molar-refractivity contribution is 5.46. The Hall–Kier alpha value is -1.76. The van der Waals surface area contributed by atoms with E-state index in [9.17, 15) is 15.2 Å². The molecule has 5 rings (SSSR count). The van der Waals surface area contributed by atoms with Gasteiger partial charge in [-0.25, -0.2) is 0 Å². The van der Waals surface area contributed by atoms with E-state index in [4.69, 9.17) is 0 Å². The summed E-state index contributed by atoms with van der Waals surface area (Å²) in [7, 11) is 0. The van der Waals surface area contributed by atoms with Gasteiger partial charge < -0.3 is 5.11 Å². The normalized spacial score (nSPS) is 37.9. The lowest BCUT2D eigenvalue weighted by Crippen LogP contribution is -2.44. The molecule has 20 heavy (non-hydrogen) atoms. The molecule has 0 unspecified atom stereocenters. The van der Waals surface area contributed by atoms with E-state index >= 15 is 0 Å². The van der Waals surface area contributed by atoms with E-state index in [1.54, 1.807) is 6.07 Å². The van der Waals surface area contributed by atoms with Crippen molar-refractivity contribution in [3.63, 3.8) is 0 Å². The highest BCUT2D eigenvalue weighted by atomic mass is 16.3. The second kappa shape index (κ2) is 4.12. The van der Waals surface area contributed by atoms with Crippen LogP contribution in [0.15, 0.2) is 10.9 Å². The quantitative estimate of drug-likeness (QED) is 0.823. The molecule has 0 aromatic carbocycles. The molecule has 4 aliphatic rings. The first-order chi connectivity index (χ1) is 9.65. The Kier molecular flexibility index (Phi) is 2.47. The minimum atomic E-state index is -0.301. The molecule has 4 bridgehead atoms. The Labute approximate surface area is 117 Å². The van der Waals surface area contributed by atoms with E-state index in [0.717, 1.165) is 17.4 Å². The van der Waals surface area contributed by atoms with Crippen LogP contribution in [0.2, 0.25) is 0 Å². The monoisotopic (exact) mass is 270 g/mol. The number of hydrogen-bond donors (Lipinski definition) is 2. The highest BCUT2D eigenvalue weighted by Gasteiger charge is 2.49. The molecule has 0 radical (unpaired) electrons. The molecule has 4 fully saturated rings. The van der Waals surface area contributed by atoms with Gasteiger partial charge in [-0.3, -0.25) is 9.78 Å². The molecule has 1 heterocycles. The fourth-order valence-corrected chi connectivity index (χ4v) is 5.38. The summed E-state index contributed by atoms with van der Waals surface area (Å²) in [6.45, 7) is 0. The van der Waals surface area contributed by atoms with Crippen molar-refractivity contribution in [2.24, 2.45) is 23.7 Å². The zero-order valence-corrected chi connectivity index (χ0v) is 11.3. The smallest absolute Gasteiger partial charge is 0.251 e. The first kappa shape index (κ1) is 12.0. The van der Waals surface area contributed by atoms with Gasteiger partial charge in [0.2, 0.25) is 5.88 Å². The van der Waals surface area contributed by atoms with E-state index in [1.807, 2.05) is 0 Å². The average Bonchev–Trinajstić information content (AvgIpc) is 2.36. The molecule has 2 N–H and O–H groups in total. The van der Waals surface area contributed by atoms with Crippen LogP contribution in [0.25, 0.3) is 0 Å². The second-order valence-corrected chi connectivity index (χ2v) is 6.88. The van der Waals surface area contributed by atoms with Gasteiger partial charge in [0.25, 0.3) is 5.56 Å². The van der Waals surface area contributed by atoms with Gasteiger partial charge in [0.1, 0.15) is 11.6 Å². The SMILES string of the molecule is N#Cc1c(C2C3CC4CC(C3)CC2C4)cc(=O)[nH]c1O. The van der Waals surface area contributed by atoms with Crippen molar-refractivity contribution in [1.29, 1.82) is 5.26 Å². The van der Waals surface area contributed by atoms with Crippen molar-refractivity contribution in [1.82, 2.24) is 4.98 Å². The summed E-state index contributed by atoms with van der Waals surface area (Å²) in [5.41, 5.74) is 0.773. The number of nitriles is 1. The van der Waals surface area contributed by atoms with Crippen molar-refractivity contribution in [3.8, 4) is 11.9 Å². The van der Waals surface area contributed by atoms with Crippen LogP contribution in [-0.4, -0.2) is 10.1 Å². The number of aromatic nitrogens is 1. The third-order valence-corrected chi connectivity index (χ3v) is 5.75. The van der Waals surface area contributed by atoms with Crippen molar-refractivity contribution < 1.29 is 5.11 Å². The predicted octanol–water partition coefficient (Wildman–Crippen LogP) is 2.49. The number of rotatable bonds is 1. The minimum Gasteiger partial charge on any atom is -0.494 e. The lowest BCUT2D eigenvalue weighted by Gasteiger charge is -2.54. The number of aromatic amines is 1. The number of H-pyrrole nitrogens is 1. The van der Waals surface area contributed by atoms with Gasteiger partial charge >= 0.3 is 0 Å². The van der Waals surface area contributed by atoms with E-state index in [-0.39, 0.29) is 17.0 Å². The second-order valence-electron chi connectivity index (χ2n) is 6.88. The largest absolute Gasteiger partial charge is 0.494 e. The van der Waals surface area contributed by atoms with Crippen LogP contribution in [0.3, 0.4) is 0 Å². The molecule has 0 spiro atoms. The Balaban J connectivity index is 1.82. The minimum absolute atomic E-state index is 0.260. The fraction of sp³-hybridized carbons (Fsp3) is 0.625. The van der Waals surface area contributed by atoms with Gasteiger partial charge in [0.15, 0.2) is 0 Å². The van der Waals surface area contributed by atoms with Crippen LogP contribution in [0.1, 0.15) is 49.1 Å². The maximum absolute atomic E-state index is 11.7. The summed E-state index contributed by atoms with van der Waals surface area (Å²) in [5, 5.41) is 19.2. The van der Waals surface area contributed by atoms with Crippen LogP contribution in [0, 0.1) is 35.0 Å². The molecule has 0 aliphatic heterocycles. The molecular weight excluding hydrogens is 252 g/mol. The Morgan fingerprint density at radius 3 is 2.30 bits per heavy atom. The first-order valence-electron chi connectivity index (χ1n) is 7.52. The number of aromatic hydroxyl groups is 1. The van der Waals surface area contributed by atoms with Gasteiger partial charge in [-0.1, -0.05) is 0 Å². The molecule has 0 amide bonds. The van der Waals surface area contributed by atoms with Crippen LogP contribution in [0.4, 0.5) is 0 Å². The van der Waals surface area contributed by atoms with Crippen LogP contribution in [0.5, 0.6) is 5.88 Å². The highest BCUT2D eigenvalue weighted by Crippen LogP contribution is 2.60. The maximum atomic E-state index is 11.7. The molecule has 4 nitrogen and oxygen atoms in total. The van der Waals surface area contributed by atoms with Crippen LogP contribution < -0.4 is 5.56 Å². The summed E-state index contributed by atoms with van der Waals surface area (Å²) in [6.07, 6.45) is 6.31. The lowest BCUT2D eigenvalue weighted by atomic mass is 9.50. The lowest BCUT2D eigenvalue weighted by molar-refractivity contribution is -0.00297. The molecule has 4 heteroatoms. The van der Waals surface area contributed by atoms with Crippen LogP contribution >= 0.6 is 0 Å². The van der Waals surface area contributed by atoms with Crippen molar-refractivity contribution >= 4 is 0 Å². The van der Waals surface area contributed by atoms with E-state index in [1.165, 1.54) is 32.1 Å². The van der Waals surface area contributed by atoms with Gasteiger partial charge in [-0.05, 0) is 67.3 Å². The van der Waals surface area contributed by atoms with E-state index in [2.05, 4.69) is 11.1 Å². The molecule has 1 aromatic rings. The number of pyridine rings is 1. The molecule has 1 aromatic heterocycles. The maximum Gasteiger partial charge on any atom is 0.251 e. The number of hydrogen-bond acceptors (Lipinski definition) is 3. The number of nitrogens with zero attached hydrogens (tertiary/aromatic N) is 1. The topological polar surface area (TPSA) is 76.9 Å². The average molecular weight is 270 g/mol. The Bertz CT molecular complexity index is 627. The van der Waals surface area contributed by atoms with Crippen LogP contribution in [-0.2, 0) is 0 Å². The standard InChI is InChI=1S/C16H18N2O2/c17-7-13-12(6-14(19)18-16(13)20)15-10-2-8-1-9(4-10)5-11(15)3-8/h6,8-11,15H,1-5H2,(H2,18,19,20). The van der Waals surface area contributed by atoms with E-state index < -0.39 is 0 Å². The first-order valence-corrected chi connectivity index (χ1v) is 7.52. The van der Waals surface area contributed by atoms with Crippen molar-refractivity contribution in [2.45, 2.75) is 38.0 Å². The zero-order valence-electron chi connectivity index (χ0n) is 11.3. The molecular formula is C16H18N2O2. The van der Waals surface area contributed by atoms with Crippen molar-refractivity contribution in [3.05, 3.63) is 27.5 Å². The van der Waals surface area contributed by atoms with Gasteiger partial charge in [0.05, 0.1) is 0 Å². The van der Waals surface area contributed by atoms with Gasteiger partial charge in [-0.2, -0.15) is 5.26 Å². The molecule has 0 saturated heterocycles. The zero-order chi connectivity index (χ0) is 13.9. The summed E-state index contributed by atoms with van der Waals surface area (Å²) in [6, 6.07) is 3.63. The number of nitrogens with one attached hydrogen (secondary N) is 1. The Morgan fingerprint density at radius 2 is 1.75 bits per heavy atom. The summed E-state index contributed by atoms with van der Waals surface area (Å²) >= 11 is 0. The third kappa shape index (κ3) is 1.62. The summed E-state index contributed by atoms with van der Waals surface area (Å²) in [4.78, 5) is 14.0. The van der Waals surface area contributed by atoms with Crippen molar-refractivity contribution in [2.75, 3.05) is 0 Å². The fourth-order valence-electron chi connectivity index (χ4n) is 5.38. The summed E-state index contributed by atoms with van der Waals surface area (Å²) < 4.78 is 0. The van der Waals surface area contributed by atoms with Gasteiger partial charge in [0, 0.05) is 6.07 Å².